The lowest BCUT2D eigenvalue weighted by atomic mass is 10.1. The van der Waals surface area contributed by atoms with E-state index < -0.39 is 0 Å². The molecule has 0 aliphatic carbocycles. The van der Waals surface area contributed by atoms with Crippen LogP contribution in [0, 0.1) is 5.92 Å². The van der Waals surface area contributed by atoms with Gasteiger partial charge < -0.3 is 4.74 Å². The Balaban J connectivity index is 2.47. The molecule has 0 aliphatic rings. The molecule has 1 aromatic heterocycles. The Bertz CT molecular complexity index is 312. The molecule has 0 atom stereocenters. The molecule has 0 radical (unpaired) electrons. The van der Waals surface area contributed by atoms with Crippen molar-refractivity contribution in [2.75, 3.05) is 6.61 Å². The SMILES string of the molecule is CC(C)CCOc1nc(Cl)c(C=O)s1. The summed E-state index contributed by atoms with van der Waals surface area (Å²) in [5.74, 6) is 0.593. The first-order valence-corrected chi connectivity index (χ1v) is 5.57. The quantitative estimate of drug-likeness (QED) is 0.734. The van der Waals surface area contributed by atoms with Crippen molar-refractivity contribution in [1.82, 2.24) is 4.98 Å². The monoisotopic (exact) mass is 233 g/mol. The highest BCUT2D eigenvalue weighted by molar-refractivity contribution is 7.15. The van der Waals surface area contributed by atoms with Crippen LogP contribution in [0.3, 0.4) is 0 Å². The Morgan fingerprint density at radius 2 is 2.36 bits per heavy atom. The van der Waals surface area contributed by atoms with Crippen molar-refractivity contribution in [2.24, 2.45) is 5.92 Å². The Morgan fingerprint density at radius 1 is 1.64 bits per heavy atom. The van der Waals surface area contributed by atoms with Gasteiger partial charge in [-0.05, 0) is 12.3 Å². The predicted octanol–water partition coefficient (Wildman–Crippen LogP) is 3.03. The molecule has 0 amide bonds. The van der Waals surface area contributed by atoms with Gasteiger partial charge in [0.15, 0.2) is 11.4 Å². The molecule has 0 unspecified atom stereocenters. The van der Waals surface area contributed by atoms with Gasteiger partial charge in [-0.3, -0.25) is 4.79 Å². The fraction of sp³-hybridized carbons (Fsp3) is 0.556. The van der Waals surface area contributed by atoms with E-state index in [0.29, 0.717) is 28.9 Å². The summed E-state index contributed by atoms with van der Waals surface area (Å²) in [6.07, 6.45) is 1.66. The summed E-state index contributed by atoms with van der Waals surface area (Å²) in [5, 5.41) is 0.697. The van der Waals surface area contributed by atoms with E-state index in [1.165, 1.54) is 11.3 Å². The zero-order chi connectivity index (χ0) is 10.6. The van der Waals surface area contributed by atoms with E-state index in [-0.39, 0.29) is 5.15 Å². The van der Waals surface area contributed by atoms with Crippen molar-refractivity contribution in [1.29, 1.82) is 0 Å². The van der Waals surface area contributed by atoms with Crippen LogP contribution in [0.2, 0.25) is 5.15 Å². The lowest BCUT2D eigenvalue weighted by Gasteiger charge is -2.03. The first kappa shape index (κ1) is 11.5. The maximum Gasteiger partial charge on any atom is 0.275 e. The van der Waals surface area contributed by atoms with Crippen LogP contribution in [-0.4, -0.2) is 17.9 Å². The van der Waals surface area contributed by atoms with Gasteiger partial charge in [0.2, 0.25) is 0 Å². The number of carbonyl (C=O) groups excluding carboxylic acids is 1. The zero-order valence-corrected chi connectivity index (χ0v) is 9.69. The molecule has 1 aromatic rings. The number of halogens is 1. The molecule has 0 aliphatic heterocycles. The van der Waals surface area contributed by atoms with E-state index in [4.69, 9.17) is 16.3 Å². The van der Waals surface area contributed by atoms with Crippen LogP contribution in [0.1, 0.15) is 29.9 Å². The molecule has 0 N–H and O–H groups in total. The number of thiazole rings is 1. The lowest BCUT2D eigenvalue weighted by Crippen LogP contribution is -2.00. The second kappa shape index (κ2) is 5.32. The highest BCUT2D eigenvalue weighted by Crippen LogP contribution is 2.27. The first-order valence-electron chi connectivity index (χ1n) is 4.37. The summed E-state index contributed by atoms with van der Waals surface area (Å²) in [6.45, 7) is 4.85. The maximum atomic E-state index is 10.5. The molecule has 5 heteroatoms. The van der Waals surface area contributed by atoms with Crippen molar-refractivity contribution in [3.63, 3.8) is 0 Å². The third kappa shape index (κ3) is 3.27. The van der Waals surface area contributed by atoms with E-state index >= 15 is 0 Å². The number of aromatic nitrogens is 1. The number of ether oxygens (including phenoxy) is 1. The van der Waals surface area contributed by atoms with Crippen LogP contribution in [0.25, 0.3) is 0 Å². The number of carbonyl (C=O) groups is 1. The van der Waals surface area contributed by atoms with Gasteiger partial charge in [-0.15, -0.1) is 0 Å². The summed E-state index contributed by atoms with van der Waals surface area (Å²) >= 11 is 6.85. The molecule has 0 aromatic carbocycles. The molecule has 1 rings (SSSR count). The van der Waals surface area contributed by atoms with Crippen LogP contribution >= 0.6 is 22.9 Å². The van der Waals surface area contributed by atoms with Crippen LogP contribution < -0.4 is 4.74 Å². The highest BCUT2D eigenvalue weighted by atomic mass is 35.5. The van der Waals surface area contributed by atoms with Crippen LogP contribution in [0.4, 0.5) is 0 Å². The molecular weight excluding hydrogens is 222 g/mol. The summed E-state index contributed by atoms with van der Waals surface area (Å²) < 4.78 is 5.34. The average Bonchev–Trinajstić information content (AvgIpc) is 2.45. The number of hydrogen-bond acceptors (Lipinski definition) is 4. The van der Waals surface area contributed by atoms with Gasteiger partial charge in [0.05, 0.1) is 6.61 Å². The number of hydrogen-bond donors (Lipinski definition) is 0. The molecule has 0 spiro atoms. The summed E-state index contributed by atoms with van der Waals surface area (Å²) in [6, 6.07) is 0. The zero-order valence-electron chi connectivity index (χ0n) is 8.12. The van der Waals surface area contributed by atoms with Crippen molar-refractivity contribution in [2.45, 2.75) is 20.3 Å². The van der Waals surface area contributed by atoms with Gasteiger partial charge in [-0.25, -0.2) is 0 Å². The fourth-order valence-electron chi connectivity index (χ4n) is 0.811. The van der Waals surface area contributed by atoms with Gasteiger partial charge >= 0.3 is 0 Å². The van der Waals surface area contributed by atoms with E-state index in [9.17, 15) is 4.79 Å². The van der Waals surface area contributed by atoms with Gasteiger partial charge in [0, 0.05) is 0 Å². The van der Waals surface area contributed by atoms with Crippen LogP contribution in [-0.2, 0) is 0 Å². The molecule has 78 valence electrons. The molecule has 1 heterocycles. The minimum Gasteiger partial charge on any atom is -0.470 e. The highest BCUT2D eigenvalue weighted by Gasteiger charge is 2.09. The smallest absolute Gasteiger partial charge is 0.275 e. The lowest BCUT2D eigenvalue weighted by molar-refractivity contribution is 0.112. The third-order valence-corrected chi connectivity index (χ3v) is 2.91. The van der Waals surface area contributed by atoms with Gasteiger partial charge in [-0.2, -0.15) is 4.98 Å². The van der Waals surface area contributed by atoms with Crippen LogP contribution in [0.5, 0.6) is 5.19 Å². The average molecular weight is 234 g/mol. The standard InChI is InChI=1S/C9H12ClNO2S/c1-6(2)3-4-13-9-11-8(10)7(5-12)14-9/h5-6H,3-4H2,1-2H3. The van der Waals surface area contributed by atoms with Crippen LogP contribution in [0.15, 0.2) is 0 Å². The largest absolute Gasteiger partial charge is 0.470 e. The molecule has 0 fully saturated rings. The van der Waals surface area contributed by atoms with Gasteiger partial charge in [0.25, 0.3) is 5.19 Å². The van der Waals surface area contributed by atoms with Crippen molar-refractivity contribution in [3.05, 3.63) is 10.0 Å². The number of aldehydes is 1. The number of nitrogens with zero attached hydrogens (tertiary/aromatic N) is 1. The Labute approximate surface area is 92.1 Å². The molecule has 3 nitrogen and oxygen atoms in total. The van der Waals surface area contributed by atoms with E-state index in [1.54, 1.807) is 0 Å². The van der Waals surface area contributed by atoms with E-state index in [2.05, 4.69) is 18.8 Å². The van der Waals surface area contributed by atoms with E-state index in [0.717, 1.165) is 6.42 Å². The first-order chi connectivity index (χ1) is 6.63. The third-order valence-electron chi connectivity index (χ3n) is 1.62. The topological polar surface area (TPSA) is 39.2 Å². The molecule has 0 bridgehead atoms. The Hall–Kier alpha value is -0.610. The molecule has 14 heavy (non-hydrogen) atoms. The van der Waals surface area contributed by atoms with Crippen molar-refractivity contribution < 1.29 is 9.53 Å². The van der Waals surface area contributed by atoms with E-state index in [1.807, 2.05) is 0 Å². The number of rotatable bonds is 5. The van der Waals surface area contributed by atoms with Gasteiger partial charge in [0.1, 0.15) is 4.88 Å². The Kier molecular flexibility index (Phi) is 4.35. The normalized spacial score (nSPS) is 10.6. The van der Waals surface area contributed by atoms with Crippen molar-refractivity contribution in [3.8, 4) is 5.19 Å². The fourth-order valence-corrected chi connectivity index (χ4v) is 1.74. The van der Waals surface area contributed by atoms with Crippen molar-refractivity contribution >= 4 is 29.2 Å². The minimum atomic E-state index is 0.226. The minimum absolute atomic E-state index is 0.226. The molecular formula is C9H12ClNO2S. The summed E-state index contributed by atoms with van der Waals surface area (Å²) in [7, 11) is 0. The second-order valence-electron chi connectivity index (χ2n) is 3.28. The maximum absolute atomic E-state index is 10.5. The summed E-state index contributed by atoms with van der Waals surface area (Å²) in [5.41, 5.74) is 0. The molecule has 0 saturated heterocycles. The van der Waals surface area contributed by atoms with Gasteiger partial charge in [-0.1, -0.05) is 36.8 Å². The molecule has 0 saturated carbocycles. The second-order valence-corrected chi connectivity index (χ2v) is 4.63. The summed E-state index contributed by atoms with van der Waals surface area (Å²) in [4.78, 5) is 14.8. The Morgan fingerprint density at radius 3 is 2.86 bits per heavy atom. The predicted molar refractivity (Wildman–Crippen MR) is 57.5 cm³/mol.